The molecule has 0 unspecified atom stereocenters. The van der Waals surface area contributed by atoms with Crippen LogP contribution in [0.3, 0.4) is 0 Å². The molecule has 17 heavy (non-hydrogen) atoms. The largest absolute Gasteiger partial charge is 0.494 e. The minimum absolute atomic E-state index is 0.562. The molecule has 0 heterocycles. The van der Waals surface area contributed by atoms with Crippen molar-refractivity contribution < 1.29 is 9.84 Å². The van der Waals surface area contributed by atoms with Gasteiger partial charge < -0.3 is 14.7 Å². The lowest BCUT2D eigenvalue weighted by Crippen LogP contribution is -2.36. The normalized spacial score (nSPS) is 11.5. The van der Waals surface area contributed by atoms with Crippen molar-refractivity contribution in [3.05, 3.63) is 23.3 Å². The van der Waals surface area contributed by atoms with Crippen molar-refractivity contribution in [2.45, 2.75) is 33.3 Å². The minimum Gasteiger partial charge on any atom is -0.494 e. The number of rotatable bonds is 4. The van der Waals surface area contributed by atoms with Gasteiger partial charge in [0.1, 0.15) is 5.75 Å². The van der Waals surface area contributed by atoms with E-state index in [0.717, 1.165) is 17.0 Å². The van der Waals surface area contributed by atoms with Gasteiger partial charge in [-0.1, -0.05) is 6.07 Å². The monoisotopic (exact) mass is 237 g/mol. The van der Waals surface area contributed by atoms with Crippen molar-refractivity contribution >= 4 is 5.69 Å². The number of benzene rings is 1. The highest BCUT2D eigenvalue weighted by Crippen LogP contribution is 2.32. The summed E-state index contributed by atoms with van der Waals surface area (Å²) in [6, 6.07) is 4.18. The van der Waals surface area contributed by atoms with Gasteiger partial charge in [0.05, 0.1) is 18.4 Å². The fraction of sp³-hybridized carbons (Fsp3) is 0.571. The summed E-state index contributed by atoms with van der Waals surface area (Å²) in [6.45, 7) is 8.27. The molecular weight excluding hydrogens is 214 g/mol. The van der Waals surface area contributed by atoms with Crippen LogP contribution in [0.1, 0.15) is 25.0 Å². The Kier molecular flexibility index (Phi) is 4.04. The average molecular weight is 237 g/mol. The Balaban J connectivity index is 3.11. The summed E-state index contributed by atoms with van der Waals surface area (Å²) in [4.78, 5) is 2.03. The Morgan fingerprint density at radius 2 is 1.88 bits per heavy atom. The number of likely N-dealkylation sites (N-methyl/N-ethyl adjacent to an activating group) is 1. The summed E-state index contributed by atoms with van der Waals surface area (Å²) in [6.07, 6.45) is 0. The van der Waals surface area contributed by atoms with Crippen molar-refractivity contribution in [3.63, 3.8) is 0 Å². The molecule has 0 radical (unpaired) electrons. The van der Waals surface area contributed by atoms with Gasteiger partial charge in [0.15, 0.2) is 0 Å². The van der Waals surface area contributed by atoms with Gasteiger partial charge in [-0.15, -0.1) is 0 Å². The van der Waals surface area contributed by atoms with E-state index in [-0.39, 0.29) is 0 Å². The van der Waals surface area contributed by atoms with Gasteiger partial charge in [0, 0.05) is 13.6 Å². The maximum Gasteiger partial charge on any atom is 0.145 e. The third-order valence-corrected chi connectivity index (χ3v) is 2.64. The molecule has 0 saturated heterocycles. The molecule has 0 aromatic heterocycles. The summed E-state index contributed by atoms with van der Waals surface area (Å²) in [5.74, 6) is 0.877. The van der Waals surface area contributed by atoms with E-state index in [1.54, 1.807) is 21.0 Å². The van der Waals surface area contributed by atoms with Gasteiger partial charge >= 0.3 is 0 Å². The van der Waals surface area contributed by atoms with Crippen LogP contribution in [0.2, 0.25) is 0 Å². The van der Waals surface area contributed by atoms with E-state index in [0.29, 0.717) is 6.54 Å². The fourth-order valence-electron chi connectivity index (χ4n) is 2.15. The number of anilines is 1. The lowest BCUT2D eigenvalue weighted by atomic mass is 10.1. The second kappa shape index (κ2) is 4.96. The predicted molar refractivity (Wildman–Crippen MR) is 72.0 cm³/mol. The Hall–Kier alpha value is -1.22. The van der Waals surface area contributed by atoms with Crippen LogP contribution in [-0.4, -0.2) is 31.4 Å². The third-order valence-electron chi connectivity index (χ3n) is 2.64. The minimum atomic E-state index is -0.725. The Morgan fingerprint density at radius 1 is 1.29 bits per heavy atom. The zero-order valence-corrected chi connectivity index (χ0v) is 11.7. The van der Waals surface area contributed by atoms with E-state index in [9.17, 15) is 5.11 Å². The summed E-state index contributed by atoms with van der Waals surface area (Å²) >= 11 is 0. The SMILES string of the molecule is COc1c(C)cc(C)cc1N(C)CC(C)(C)O. The molecule has 0 atom stereocenters. The molecule has 0 spiro atoms. The van der Waals surface area contributed by atoms with E-state index < -0.39 is 5.60 Å². The number of aliphatic hydroxyl groups is 1. The van der Waals surface area contributed by atoms with Crippen molar-refractivity contribution in [1.82, 2.24) is 0 Å². The van der Waals surface area contributed by atoms with E-state index in [1.807, 2.05) is 18.9 Å². The van der Waals surface area contributed by atoms with E-state index >= 15 is 0 Å². The summed E-state index contributed by atoms with van der Waals surface area (Å²) < 4.78 is 5.44. The molecule has 1 N–H and O–H groups in total. The number of methoxy groups -OCH3 is 1. The van der Waals surface area contributed by atoms with E-state index in [2.05, 4.69) is 19.1 Å². The lowest BCUT2D eigenvalue weighted by Gasteiger charge is -2.29. The number of nitrogens with zero attached hydrogens (tertiary/aromatic N) is 1. The Morgan fingerprint density at radius 3 is 2.35 bits per heavy atom. The first-order valence-electron chi connectivity index (χ1n) is 5.83. The highest BCUT2D eigenvalue weighted by molar-refractivity contribution is 5.63. The van der Waals surface area contributed by atoms with Gasteiger partial charge in [-0.25, -0.2) is 0 Å². The maximum absolute atomic E-state index is 9.87. The van der Waals surface area contributed by atoms with Gasteiger partial charge in [-0.05, 0) is 44.9 Å². The maximum atomic E-state index is 9.87. The quantitative estimate of drug-likeness (QED) is 0.873. The fourth-order valence-corrected chi connectivity index (χ4v) is 2.15. The summed E-state index contributed by atoms with van der Waals surface area (Å²) in [5.41, 5.74) is 2.61. The number of hydrogen-bond donors (Lipinski definition) is 1. The van der Waals surface area contributed by atoms with Crippen LogP contribution in [0, 0.1) is 13.8 Å². The first-order valence-corrected chi connectivity index (χ1v) is 5.83. The number of ether oxygens (including phenoxy) is 1. The molecule has 0 amide bonds. The van der Waals surface area contributed by atoms with Crippen LogP contribution in [0.5, 0.6) is 5.75 Å². The topological polar surface area (TPSA) is 32.7 Å². The molecule has 0 fully saturated rings. The molecular formula is C14H23NO2. The molecule has 3 nitrogen and oxygen atoms in total. The molecule has 3 heteroatoms. The van der Waals surface area contributed by atoms with Crippen molar-refractivity contribution in [3.8, 4) is 5.75 Å². The van der Waals surface area contributed by atoms with Crippen LogP contribution < -0.4 is 9.64 Å². The third kappa shape index (κ3) is 3.63. The first kappa shape index (κ1) is 13.8. The molecule has 0 aliphatic carbocycles. The van der Waals surface area contributed by atoms with Crippen LogP contribution in [0.15, 0.2) is 12.1 Å². The zero-order chi connectivity index (χ0) is 13.2. The van der Waals surface area contributed by atoms with Crippen LogP contribution >= 0.6 is 0 Å². The van der Waals surface area contributed by atoms with Gasteiger partial charge in [0.2, 0.25) is 0 Å². The molecule has 0 aliphatic heterocycles. The Labute approximate surface area is 104 Å². The molecule has 96 valence electrons. The van der Waals surface area contributed by atoms with Crippen LogP contribution in [0.4, 0.5) is 5.69 Å². The second-order valence-electron chi connectivity index (χ2n) is 5.30. The molecule has 1 rings (SSSR count). The standard InChI is InChI=1S/C14H23NO2/c1-10-7-11(2)13(17-6)12(8-10)15(5)9-14(3,4)16/h7-8,16H,9H2,1-6H3. The Bertz CT molecular complexity index is 394. The highest BCUT2D eigenvalue weighted by atomic mass is 16.5. The molecule has 0 aliphatic rings. The number of aryl methyl sites for hydroxylation is 2. The number of hydrogen-bond acceptors (Lipinski definition) is 3. The van der Waals surface area contributed by atoms with Gasteiger partial charge in [-0.3, -0.25) is 0 Å². The molecule has 1 aromatic carbocycles. The van der Waals surface area contributed by atoms with Gasteiger partial charge in [0.25, 0.3) is 0 Å². The molecule has 0 saturated carbocycles. The zero-order valence-electron chi connectivity index (χ0n) is 11.7. The lowest BCUT2D eigenvalue weighted by molar-refractivity contribution is 0.0885. The highest BCUT2D eigenvalue weighted by Gasteiger charge is 2.19. The summed E-state index contributed by atoms with van der Waals surface area (Å²) in [7, 11) is 3.65. The first-order chi connectivity index (χ1) is 7.74. The molecule has 1 aromatic rings. The summed E-state index contributed by atoms with van der Waals surface area (Å²) in [5, 5.41) is 9.87. The van der Waals surface area contributed by atoms with E-state index in [4.69, 9.17) is 4.74 Å². The smallest absolute Gasteiger partial charge is 0.145 e. The van der Waals surface area contributed by atoms with E-state index in [1.165, 1.54) is 5.56 Å². The molecule has 0 bridgehead atoms. The van der Waals surface area contributed by atoms with Crippen LogP contribution in [-0.2, 0) is 0 Å². The second-order valence-corrected chi connectivity index (χ2v) is 5.30. The van der Waals surface area contributed by atoms with Gasteiger partial charge in [-0.2, -0.15) is 0 Å². The predicted octanol–water partition coefficient (Wildman–Crippen LogP) is 2.52. The van der Waals surface area contributed by atoms with Crippen molar-refractivity contribution in [2.75, 3.05) is 25.6 Å². The average Bonchev–Trinajstić information content (AvgIpc) is 2.13. The van der Waals surface area contributed by atoms with Crippen molar-refractivity contribution in [1.29, 1.82) is 0 Å². The van der Waals surface area contributed by atoms with Crippen molar-refractivity contribution in [2.24, 2.45) is 0 Å². The van der Waals surface area contributed by atoms with Crippen LogP contribution in [0.25, 0.3) is 0 Å².